The average molecular weight is 334 g/mol. The minimum absolute atomic E-state index is 0.213. The molecule has 1 heterocycles. The van der Waals surface area contributed by atoms with E-state index in [1.165, 1.54) is 12.0 Å². The molecule has 24 heavy (non-hydrogen) atoms. The minimum atomic E-state index is -0.497. The molecule has 1 aliphatic rings. The second-order valence-corrected chi connectivity index (χ2v) is 5.39. The van der Waals surface area contributed by atoms with Gasteiger partial charge in [0.15, 0.2) is 0 Å². The monoisotopic (exact) mass is 334 g/mol. The highest BCUT2D eigenvalue weighted by Crippen LogP contribution is 2.30. The molecule has 0 aliphatic carbocycles. The molecule has 4 N–H and O–H groups in total. The summed E-state index contributed by atoms with van der Waals surface area (Å²) in [6.07, 6.45) is 1.89. The molecule has 0 spiro atoms. The first-order valence-corrected chi connectivity index (χ1v) is 7.84. The molecule has 130 valence electrons. The molecule has 4 amide bonds. The van der Waals surface area contributed by atoms with Gasteiger partial charge < -0.3 is 15.8 Å². The van der Waals surface area contributed by atoms with E-state index < -0.39 is 6.03 Å². The van der Waals surface area contributed by atoms with Crippen molar-refractivity contribution in [1.29, 1.82) is 0 Å². The zero-order valence-electron chi connectivity index (χ0n) is 13.6. The Kier molecular flexibility index (Phi) is 6.14. The van der Waals surface area contributed by atoms with E-state index in [9.17, 15) is 14.4 Å². The van der Waals surface area contributed by atoms with Crippen LogP contribution < -0.4 is 26.0 Å². The van der Waals surface area contributed by atoms with E-state index in [1.54, 1.807) is 18.2 Å². The maximum absolute atomic E-state index is 12.1. The SMILES string of the molecule is COc1cc(C(=O)NCCCCN)ccc1N1CCC(=O)NC1=O. The van der Waals surface area contributed by atoms with Crippen LogP contribution in [0.1, 0.15) is 29.6 Å². The first-order chi connectivity index (χ1) is 11.6. The number of nitrogens with one attached hydrogen (secondary N) is 2. The fourth-order valence-corrected chi connectivity index (χ4v) is 2.41. The predicted octanol–water partition coefficient (Wildman–Crippen LogP) is 0.610. The standard InChI is InChI=1S/C16H22N4O4/c1-24-13-10-11(15(22)18-8-3-2-7-17)4-5-12(13)20-9-6-14(21)19-16(20)23/h4-5,10H,2-3,6-9,17H2,1H3,(H,18,22)(H,19,21,23). The molecule has 1 aromatic rings. The summed E-state index contributed by atoms with van der Waals surface area (Å²) in [4.78, 5) is 36.7. The number of imide groups is 1. The third-order valence-corrected chi connectivity index (χ3v) is 3.70. The van der Waals surface area contributed by atoms with E-state index in [0.717, 1.165) is 12.8 Å². The van der Waals surface area contributed by atoms with E-state index in [1.807, 2.05) is 0 Å². The van der Waals surface area contributed by atoms with E-state index in [-0.39, 0.29) is 24.8 Å². The topological polar surface area (TPSA) is 114 Å². The van der Waals surface area contributed by atoms with Crippen molar-refractivity contribution in [2.45, 2.75) is 19.3 Å². The summed E-state index contributed by atoms with van der Waals surface area (Å²) < 4.78 is 5.30. The number of urea groups is 1. The quantitative estimate of drug-likeness (QED) is 0.632. The fourth-order valence-electron chi connectivity index (χ4n) is 2.41. The van der Waals surface area contributed by atoms with Gasteiger partial charge in [0.05, 0.1) is 12.8 Å². The number of hydrogen-bond acceptors (Lipinski definition) is 5. The van der Waals surface area contributed by atoms with Gasteiger partial charge in [0.25, 0.3) is 5.91 Å². The second-order valence-electron chi connectivity index (χ2n) is 5.39. The highest BCUT2D eigenvalue weighted by molar-refractivity contribution is 6.06. The molecular formula is C16H22N4O4. The van der Waals surface area contributed by atoms with Gasteiger partial charge >= 0.3 is 6.03 Å². The molecule has 0 atom stereocenters. The first-order valence-electron chi connectivity index (χ1n) is 7.84. The van der Waals surface area contributed by atoms with Gasteiger partial charge in [-0.05, 0) is 37.6 Å². The van der Waals surface area contributed by atoms with Gasteiger partial charge in [-0.2, -0.15) is 0 Å². The molecule has 8 nitrogen and oxygen atoms in total. The smallest absolute Gasteiger partial charge is 0.328 e. The molecule has 0 unspecified atom stereocenters. The van der Waals surface area contributed by atoms with Gasteiger partial charge in [0.2, 0.25) is 5.91 Å². The molecule has 0 aromatic heterocycles. The summed E-state index contributed by atoms with van der Waals surface area (Å²) in [6, 6.07) is 4.35. The van der Waals surface area contributed by atoms with Crippen LogP contribution in [0, 0.1) is 0 Å². The zero-order valence-corrected chi connectivity index (χ0v) is 13.6. The number of carbonyl (C=O) groups is 3. The zero-order chi connectivity index (χ0) is 17.5. The summed E-state index contributed by atoms with van der Waals surface area (Å²) in [5.41, 5.74) is 6.37. The number of methoxy groups -OCH3 is 1. The Hall–Kier alpha value is -2.61. The number of unbranched alkanes of at least 4 members (excludes halogenated alkanes) is 1. The summed E-state index contributed by atoms with van der Waals surface area (Å²) in [5.74, 6) is -0.118. The average Bonchev–Trinajstić information content (AvgIpc) is 2.58. The lowest BCUT2D eigenvalue weighted by Gasteiger charge is -2.28. The van der Waals surface area contributed by atoms with Crippen LogP contribution in [0.25, 0.3) is 0 Å². The lowest BCUT2D eigenvalue weighted by atomic mass is 10.1. The van der Waals surface area contributed by atoms with Crippen LogP contribution >= 0.6 is 0 Å². The molecule has 0 saturated carbocycles. The van der Waals surface area contributed by atoms with E-state index in [0.29, 0.717) is 30.1 Å². The Bertz CT molecular complexity index is 633. The van der Waals surface area contributed by atoms with E-state index in [4.69, 9.17) is 10.5 Å². The van der Waals surface area contributed by atoms with Crippen LogP contribution in [0.15, 0.2) is 18.2 Å². The van der Waals surface area contributed by atoms with E-state index >= 15 is 0 Å². The van der Waals surface area contributed by atoms with Crippen LogP contribution in [0.5, 0.6) is 5.75 Å². The van der Waals surface area contributed by atoms with E-state index in [2.05, 4.69) is 10.6 Å². The van der Waals surface area contributed by atoms with Crippen molar-refractivity contribution in [3.63, 3.8) is 0 Å². The lowest BCUT2D eigenvalue weighted by Crippen LogP contribution is -2.49. The molecule has 1 saturated heterocycles. The first kappa shape index (κ1) is 17.7. The molecular weight excluding hydrogens is 312 g/mol. The van der Waals surface area contributed by atoms with Crippen molar-refractivity contribution in [2.24, 2.45) is 5.73 Å². The van der Waals surface area contributed by atoms with Crippen molar-refractivity contribution in [1.82, 2.24) is 10.6 Å². The molecule has 8 heteroatoms. The minimum Gasteiger partial charge on any atom is -0.495 e. The fraction of sp³-hybridized carbons (Fsp3) is 0.438. The van der Waals surface area contributed by atoms with Gasteiger partial charge in [-0.1, -0.05) is 0 Å². The molecule has 0 bridgehead atoms. The Morgan fingerprint density at radius 2 is 2.17 bits per heavy atom. The highest BCUT2D eigenvalue weighted by atomic mass is 16.5. The van der Waals surface area contributed by atoms with Crippen molar-refractivity contribution >= 4 is 23.5 Å². The van der Waals surface area contributed by atoms with Gasteiger partial charge in [-0.3, -0.25) is 19.8 Å². The van der Waals surface area contributed by atoms with Gasteiger partial charge in [0, 0.05) is 25.1 Å². The van der Waals surface area contributed by atoms with Crippen molar-refractivity contribution in [2.75, 3.05) is 31.6 Å². The summed E-state index contributed by atoms with van der Waals surface area (Å²) in [5, 5.41) is 5.07. The third-order valence-electron chi connectivity index (χ3n) is 3.70. The third kappa shape index (κ3) is 4.23. The van der Waals surface area contributed by atoms with Crippen molar-refractivity contribution in [3.05, 3.63) is 23.8 Å². The number of ether oxygens (including phenoxy) is 1. The van der Waals surface area contributed by atoms with Crippen LogP contribution in [-0.2, 0) is 4.79 Å². The second kappa shape index (κ2) is 8.30. The molecule has 1 aromatic carbocycles. The predicted molar refractivity (Wildman–Crippen MR) is 89.1 cm³/mol. The van der Waals surface area contributed by atoms with Crippen LogP contribution in [0.4, 0.5) is 10.5 Å². The maximum atomic E-state index is 12.1. The number of nitrogens with zero attached hydrogens (tertiary/aromatic N) is 1. The Morgan fingerprint density at radius 1 is 1.38 bits per heavy atom. The van der Waals surface area contributed by atoms with Crippen molar-refractivity contribution < 1.29 is 19.1 Å². The largest absolute Gasteiger partial charge is 0.495 e. The highest BCUT2D eigenvalue weighted by Gasteiger charge is 2.26. The van der Waals surface area contributed by atoms with Crippen LogP contribution in [0.3, 0.4) is 0 Å². The molecule has 2 rings (SSSR count). The summed E-state index contributed by atoms with van der Waals surface area (Å²) in [6.45, 7) is 1.42. The Morgan fingerprint density at radius 3 is 2.83 bits per heavy atom. The number of amides is 4. The maximum Gasteiger partial charge on any atom is 0.328 e. The van der Waals surface area contributed by atoms with Gasteiger partial charge in [-0.15, -0.1) is 0 Å². The summed E-state index contributed by atoms with van der Waals surface area (Å²) in [7, 11) is 1.47. The molecule has 1 aliphatic heterocycles. The number of benzene rings is 1. The number of hydrogen-bond donors (Lipinski definition) is 3. The van der Waals surface area contributed by atoms with Gasteiger partial charge in [-0.25, -0.2) is 4.79 Å². The summed E-state index contributed by atoms with van der Waals surface area (Å²) >= 11 is 0. The Labute approximate surface area is 140 Å². The number of nitrogens with two attached hydrogens (primary N) is 1. The normalized spacial score (nSPS) is 14.3. The molecule has 1 fully saturated rings. The van der Waals surface area contributed by atoms with Gasteiger partial charge in [0.1, 0.15) is 5.75 Å². The number of anilines is 1. The van der Waals surface area contributed by atoms with Crippen LogP contribution in [0.2, 0.25) is 0 Å². The Balaban J connectivity index is 2.11. The van der Waals surface area contributed by atoms with Crippen molar-refractivity contribution in [3.8, 4) is 5.75 Å². The van der Waals surface area contributed by atoms with Crippen LogP contribution in [-0.4, -0.2) is 44.6 Å². The lowest BCUT2D eigenvalue weighted by molar-refractivity contribution is -0.120. The number of rotatable bonds is 7. The molecule has 0 radical (unpaired) electrons. The number of carbonyl (C=O) groups excluding carboxylic acids is 3.